The minimum absolute atomic E-state index is 0.165. The van der Waals surface area contributed by atoms with Crippen LogP contribution < -0.4 is 0 Å². The van der Waals surface area contributed by atoms with Crippen molar-refractivity contribution in [2.75, 3.05) is 19.7 Å². The number of ether oxygens (including phenoxy) is 1. The predicted molar refractivity (Wildman–Crippen MR) is 53.6 cm³/mol. The number of hydrogen-bond donors (Lipinski definition) is 0. The lowest BCUT2D eigenvalue weighted by Gasteiger charge is -2.18. The number of hydrogen-bond acceptors (Lipinski definition) is 3. The van der Waals surface area contributed by atoms with Gasteiger partial charge in [0.05, 0.1) is 6.54 Å². The maximum Gasteiger partial charge on any atom is 0.330 e. The molecule has 0 atom stereocenters. The first-order valence-electron chi connectivity index (χ1n) is 4.36. The molecule has 0 radical (unpaired) electrons. The van der Waals surface area contributed by atoms with Crippen LogP contribution in [0, 0.1) is 0 Å². The van der Waals surface area contributed by atoms with Gasteiger partial charge < -0.3 is 9.64 Å². The van der Waals surface area contributed by atoms with Gasteiger partial charge in [-0.2, -0.15) is 0 Å². The van der Waals surface area contributed by atoms with Crippen LogP contribution in [0.1, 0.15) is 6.92 Å². The highest BCUT2D eigenvalue weighted by Crippen LogP contribution is 1.91. The first-order chi connectivity index (χ1) is 6.65. The van der Waals surface area contributed by atoms with Gasteiger partial charge in [-0.05, 0) is 13.0 Å². The molecule has 0 fully saturated rings. The molecular weight excluding hydrogens is 182 g/mol. The third kappa shape index (κ3) is 4.45. The Morgan fingerprint density at radius 3 is 2.43 bits per heavy atom. The van der Waals surface area contributed by atoms with E-state index in [9.17, 15) is 9.59 Å². The van der Waals surface area contributed by atoms with Crippen LogP contribution in [0.5, 0.6) is 0 Å². The molecule has 0 aliphatic carbocycles. The number of likely N-dealkylation sites (N-methyl/N-ethyl adjacent to an activating group) is 1. The Hall–Kier alpha value is -1.58. The molecule has 4 nitrogen and oxygen atoms in total. The Bertz CT molecular complexity index is 236. The Balaban J connectivity index is 3.84. The molecule has 1 amide bonds. The summed E-state index contributed by atoms with van der Waals surface area (Å²) >= 11 is 0. The van der Waals surface area contributed by atoms with Crippen LogP contribution in [-0.4, -0.2) is 36.5 Å². The van der Waals surface area contributed by atoms with Gasteiger partial charge in [-0.3, -0.25) is 4.79 Å². The van der Waals surface area contributed by atoms with E-state index >= 15 is 0 Å². The summed E-state index contributed by atoms with van der Waals surface area (Å²) in [5, 5.41) is 0. The van der Waals surface area contributed by atoms with Crippen LogP contribution in [-0.2, 0) is 14.3 Å². The molecule has 0 aromatic rings. The molecule has 0 aliphatic rings. The number of carbonyl (C=O) groups is 2. The molecule has 0 saturated heterocycles. The van der Waals surface area contributed by atoms with Gasteiger partial charge in [0.2, 0.25) is 5.91 Å². The summed E-state index contributed by atoms with van der Waals surface area (Å²) in [6.07, 6.45) is 2.32. The summed E-state index contributed by atoms with van der Waals surface area (Å²) in [7, 11) is 0. The number of rotatable bonds is 6. The number of esters is 1. The van der Waals surface area contributed by atoms with Crippen molar-refractivity contribution in [3.63, 3.8) is 0 Å². The lowest BCUT2D eigenvalue weighted by Crippen LogP contribution is -2.32. The maximum atomic E-state index is 11.1. The van der Waals surface area contributed by atoms with E-state index in [1.54, 1.807) is 0 Å². The molecule has 0 aromatic heterocycles. The summed E-state index contributed by atoms with van der Waals surface area (Å²) in [4.78, 5) is 23.3. The minimum Gasteiger partial charge on any atom is -0.461 e. The third-order valence-electron chi connectivity index (χ3n) is 1.64. The molecular formula is C10H15NO3. The average molecular weight is 197 g/mol. The number of carbonyl (C=O) groups excluding carboxylic acids is 2. The van der Waals surface area contributed by atoms with Gasteiger partial charge in [-0.15, -0.1) is 0 Å². The van der Waals surface area contributed by atoms with E-state index in [-0.39, 0.29) is 12.5 Å². The fraction of sp³-hybridized carbons (Fsp3) is 0.400. The van der Waals surface area contributed by atoms with Gasteiger partial charge in [0.25, 0.3) is 0 Å². The van der Waals surface area contributed by atoms with E-state index < -0.39 is 5.97 Å². The second-order valence-corrected chi connectivity index (χ2v) is 2.49. The highest BCUT2D eigenvalue weighted by atomic mass is 16.5. The molecule has 0 saturated carbocycles. The number of amides is 1. The van der Waals surface area contributed by atoms with Gasteiger partial charge in [0.15, 0.2) is 0 Å². The highest BCUT2D eigenvalue weighted by Gasteiger charge is 2.07. The molecule has 78 valence electrons. The molecule has 0 rings (SSSR count). The lowest BCUT2D eigenvalue weighted by atomic mass is 10.4. The minimum atomic E-state index is -0.480. The average Bonchev–Trinajstić information content (AvgIpc) is 2.22. The zero-order valence-electron chi connectivity index (χ0n) is 8.36. The van der Waals surface area contributed by atoms with Crippen LogP contribution in [0.2, 0.25) is 0 Å². The first-order valence-corrected chi connectivity index (χ1v) is 4.36. The molecule has 0 unspecified atom stereocenters. The summed E-state index contributed by atoms with van der Waals surface area (Å²) < 4.78 is 4.73. The first kappa shape index (κ1) is 12.4. The lowest BCUT2D eigenvalue weighted by molar-refractivity contribution is -0.139. The summed E-state index contributed by atoms with van der Waals surface area (Å²) in [5.74, 6) is -0.644. The summed E-state index contributed by atoms with van der Waals surface area (Å²) in [6, 6.07) is 0. The molecule has 0 bridgehead atoms. The third-order valence-corrected chi connectivity index (χ3v) is 1.64. The number of nitrogens with zero attached hydrogens (tertiary/aromatic N) is 1. The van der Waals surface area contributed by atoms with Crippen molar-refractivity contribution < 1.29 is 14.3 Å². The van der Waals surface area contributed by atoms with Crippen LogP contribution in [0.25, 0.3) is 0 Å². The normalized spacial score (nSPS) is 8.93. The standard InChI is InChI=1S/C10H15NO3/c1-4-9(12)11(6-3)7-8-14-10(13)5-2/h4-5H,1-2,6-8H2,3H3. The van der Waals surface area contributed by atoms with Crippen molar-refractivity contribution in [2.24, 2.45) is 0 Å². The SMILES string of the molecule is C=CC(=O)OCCN(CC)C(=O)C=C. The summed E-state index contributed by atoms with van der Waals surface area (Å²) in [6.45, 7) is 9.60. The zero-order chi connectivity index (χ0) is 11.0. The molecule has 0 N–H and O–H groups in total. The van der Waals surface area contributed by atoms with Crippen LogP contribution >= 0.6 is 0 Å². The van der Waals surface area contributed by atoms with E-state index in [0.717, 1.165) is 6.08 Å². The van der Waals surface area contributed by atoms with Crippen molar-refractivity contribution in [1.29, 1.82) is 0 Å². The molecule has 0 aromatic carbocycles. The van der Waals surface area contributed by atoms with E-state index in [1.807, 2.05) is 6.92 Å². The molecule has 0 spiro atoms. The van der Waals surface area contributed by atoms with Crippen molar-refractivity contribution >= 4 is 11.9 Å². The van der Waals surface area contributed by atoms with Crippen LogP contribution in [0.15, 0.2) is 25.3 Å². The van der Waals surface area contributed by atoms with Crippen molar-refractivity contribution in [3.8, 4) is 0 Å². The molecule has 0 aliphatic heterocycles. The Morgan fingerprint density at radius 1 is 1.36 bits per heavy atom. The van der Waals surface area contributed by atoms with Gasteiger partial charge in [0.1, 0.15) is 6.61 Å². The summed E-state index contributed by atoms with van der Waals surface area (Å²) in [5.41, 5.74) is 0. The van der Waals surface area contributed by atoms with Crippen molar-refractivity contribution in [1.82, 2.24) is 4.90 Å². The quantitative estimate of drug-likeness (QED) is 0.466. The second kappa shape index (κ2) is 6.88. The van der Waals surface area contributed by atoms with Crippen molar-refractivity contribution in [2.45, 2.75) is 6.92 Å². The van der Waals surface area contributed by atoms with E-state index in [0.29, 0.717) is 13.1 Å². The fourth-order valence-electron chi connectivity index (χ4n) is 0.869. The fourth-order valence-corrected chi connectivity index (χ4v) is 0.869. The van der Waals surface area contributed by atoms with E-state index in [1.165, 1.54) is 11.0 Å². The van der Waals surface area contributed by atoms with E-state index in [4.69, 9.17) is 4.74 Å². The van der Waals surface area contributed by atoms with Gasteiger partial charge in [-0.1, -0.05) is 13.2 Å². The highest BCUT2D eigenvalue weighted by molar-refractivity contribution is 5.87. The van der Waals surface area contributed by atoms with Crippen molar-refractivity contribution in [3.05, 3.63) is 25.3 Å². The van der Waals surface area contributed by atoms with Crippen LogP contribution in [0.3, 0.4) is 0 Å². The molecule has 0 heterocycles. The largest absolute Gasteiger partial charge is 0.461 e. The van der Waals surface area contributed by atoms with Gasteiger partial charge in [0, 0.05) is 12.6 Å². The monoisotopic (exact) mass is 197 g/mol. The second-order valence-electron chi connectivity index (χ2n) is 2.49. The predicted octanol–water partition coefficient (Wildman–Crippen LogP) is 0.750. The van der Waals surface area contributed by atoms with Crippen LogP contribution in [0.4, 0.5) is 0 Å². The van der Waals surface area contributed by atoms with Gasteiger partial charge >= 0.3 is 5.97 Å². The Kier molecular flexibility index (Phi) is 6.11. The van der Waals surface area contributed by atoms with Gasteiger partial charge in [-0.25, -0.2) is 4.79 Å². The molecule has 4 heteroatoms. The zero-order valence-corrected chi connectivity index (χ0v) is 8.36. The van der Waals surface area contributed by atoms with E-state index in [2.05, 4.69) is 13.2 Å². The Morgan fingerprint density at radius 2 is 2.00 bits per heavy atom. The Labute approximate surface area is 83.8 Å². The smallest absolute Gasteiger partial charge is 0.330 e. The maximum absolute atomic E-state index is 11.1. The molecule has 14 heavy (non-hydrogen) atoms. The topological polar surface area (TPSA) is 46.6 Å².